The van der Waals surface area contributed by atoms with Crippen molar-refractivity contribution >= 4 is 38.5 Å². The molecule has 0 unspecified atom stereocenters. The van der Waals surface area contributed by atoms with Gasteiger partial charge in [0.15, 0.2) is 5.78 Å². The molecule has 0 saturated carbocycles. The molecule has 0 amide bonds. The van der Waals surface area contributed by atoms with Gasteiger partial charge in [-0.3, -0.25) is 4.79 Å². The van der Waals surface area contributed by atoms with Gasteiger partial charge in [0, 0.05) is 37.2 Å². The van der Waals surface area contributed by atoms with E-state index in [0.29, 0.717) is 6.42 Å². The van der Waals surface area contributed by atoms with E-state index in [0.717, 1.165) is 22.2 Å². The Morgan fingerprint density at radius 1 is 1.11 bits per heavy atom. The van der Waals surface area contributed by atoms with E-state index in [1.807, 2.05) is 23.6 Å². The first-order chi connectivity index (χ1) is 9.28. The summed E-state index contributed by atoms with van der Waals surface area (Å²) in [6.07, 6.45) is 1.56. The number of Topliss-reactive ketones (excluding diaryl/α,β-unsaturated/α-hetero) is 1. The third kappa shape index (κ3) is 2.48. The van der Waals surface area contributed by atoms with Crippen LogP contribution in [0.5, 0.6) is 0 Å². The highest BCUT2D eigenvalue weighted by Gasteiger charge is 2.13. The van der Waals surface area contributed by atoms with E-state index in [2.05, 4.69) is 25.1 Å². The Balaban J connectivity index is 1.87. The summed E-state index contributed by atoms with van der Waals surface area (Å²) in [4.78, 5) is 14.9. The SMILES string of the molecule is CCc1ccc(CC(=O)c2csc3ccccc23)s1. The molecule has 0 bridgehead atoms. The van der Waals surface area contributed by atoms with Gasteiger partial charge in [-0.15, -0.1) is 22.7 Å². The molecule has 3 rings (SSSR count). The first-order valence-corrected chi connectivity index (χ1v) is 8.04. The molecule has 0 saturated heterocycles. The predicted octanol–water partition coefficient (Wildman–Crippen LogP) is 4.95. The summed E-state index contributed by atoms with van der Waals surface area (Å²) in [5.74, 6) is 0.224. The van der Waals surface area contributed by atoms with Crippen LogP contribution in [0.1, 0.15) is 27.0 Å². The highest BCUT2D eigenvalue weighted by Crippen LogP contribution is 2.27. The quantitative estimate of drug-likeness (QED) is 0.620. The number of fused-ring (bicyclic) bond motifs is 1. The van der Waals surface area contributed by atoms with Gasteiger partial charge in [0.25, 0.3) is 0 Å². The minimum Gasteiger partial charge on any atom is -0.294 e. The second-order valence-electron chi connectivity index (χ2n) is 4.47. The first kappa shape index (κ1) is 12.6. The minimum atomic E-state index is 0.224. The minimum absolute atomic E-state index is 0.224. The van der Waals surface area contributed by atoms with Gasteiger partial charge in [-0.1, -0.05) is 25.1 Å². The van der Waals surface area contributed by atoms with Crippen LogP contribution in [-0.4, -0.2) is 5.78 Å². The lowest BCUT2D eigenvalue weighted by molar-refractivity contribution is 0.0996. The molecule has 19 heavy (non-hydrogen) atoms. The van der Waals surface area contributed by atoms with Gasteiger partial charge in [0.05, 0.1) is 0 Å². The maximum absolute atomic E-state index is 12.4. The second-order valence-corrected chi connectivity index (χ2v) is 6.63. The largest absolute Gasteiger partial charge is 0.294 e. The molecule has 2 heterocycles. The van der Waals surface area contributed by atoms with Crippen molar-refractivity contribution in [2.24, 2.45) is 0 Å². The molecule has 3 aromatic rings. The van der Waals surface area contributed by atoms with Crippen LogP contribution in [-0.2, 0) is 12.8 Å². The lowest BCUT2D eigenvalue weighted by atomic mass is 10.1. The summed E-state index contributed by atoms with van der Waals surface area (Å²) in [7, 11) is 0. The monoisotopic (exact) mass is 286 g/mol. The zero-order valence-electron chi connectivity index (χ0n) is 10.7. The number of carbonyl (C=O) groups is 1. The van der Waals surface area contributed by atoms with Crippen LogP contribution in [0.3, 0.4) is 0 Å². The summed E-state index contributed by atoms with van der Waals surface area (Å²) >= 11 is 3.39. The van der Waals surface area contributed by atoms with Crippen LogP contribution >= 0.6 is 22.7 Å². The molecular weight excluding hydrogens is 272 g/mol. The molecule has 2 aromatic heterocycles. The summed E-state index contributed by atoms with van der Waals surface area (Å²) in [6, 6.07) is 12.3. The van der Waals surface area contributed by atoms with Crippen LogP contribution in [0.25, 0.3) is 10.1 Å². The molecule has 0 fully saturated rings. The van der Waals surface area contributed by atoms with Gasteiger partial charge in [0.1, 0.15) is 0 Å². The smallest absolute Gasteiger partial charge is 0.169 e. The Kier molecular flexibility index (Phi) is 3.49. The summed E-state index contributed by atoms with van der Waals surface area (Å²) in [6.45, 7) is 2.14. The highest BCUT2D eigenvalue weighted by molar-refractivity contribution is 7.17. The zero-order chi connectivity index (χ0) is 13.2. The van der Waals surface area contributed by atoms with Gasteiger partial charge < -0.3 is 0 Å². The van der Waals surface area contributed by atoms with E-state index in [1.54, 1.807) is 22.7 Å². The number of carbonyl (C=O) groups excluding carboxylic acids is 1. The number of hydrogen-bond donors (Lipinski definition) is 0. The fourth-order valence-corrected chi connectivity index (χ4v) is 4.08. The Morgan fingerprint density at radius 2 is 1.89 bits per heavy atom. The van der Waals surface area contributed by atoms with Gasteiger partial charge in [-0.2, -0.15) is 0 Å². The van der Waals surface area contributed by atoms with Crippen molar-refractivity contribution in [1.82, 2.24) is 0 Å². The fourth-order valence-electron chi connectivity index (χ4n) is 2.15. The maximum atomic E-state index is 12.4. The molecule has 0 aliphatic rings. The van der Waals surface area contributed by atoms with Crippen LogP contribution in [0.15, 0.2) is 41.8 Å². The number of hydrogen-bond acceptors (Lipinski definition) is 3. The summed E-state index contributed by atoms with van der Waals surface area (Å²) < 4.78 is 1.19. The number of ketones is 1. The zero-order valence-corrected chi connectivity index (χ0v) is 12.3. The number of aryl methyl sites for hydroxylation is 1. The van der Waals surface area contributed by atoms with Crippen molar-refractivity contribution in [2.45, 2.75) is 19.8 Å². The summed E-state index contributed by atoms with van der Waals surface area (Å²) in [5.41, 5.74) is 0.868. The van der Waals surface area contributed by atoms with Crippen molar-refractivity contribution in [3.05, 3.63) is 57.1 Å². The first-order valence-electron chi connectivity index (χ1n) is 6.35. The maximum Gasteiger partial charge on any atom is 0.169 e. The van der Waals surface area contributed by atoms with Crippen molar-refractivity contribution in [3.63, 3.8) is 0 Å². The average molecular weight is 286 g/mol. The molecule has 0 aliphatic heterocycles. The molecule has 0 radical (unpaired) electrons. The predicted molar refractivity (Wildman–Crippen MR) is 83.6 cm³/mol. The van der Waals surface area contributed by atoms with Crippen LogP contribution in [0.4, 0.5) is 0 Å². The normalized spacial score (nSPS) is 11.0. The van der Waals surface area contributed by atoms with Gasteiger partial charge >= 0.3 is 0 Å². The van der Waals surface area contributed by atoms with E-state index < -0.39 is 0 Å². The third-order valence-electron chi connectivity index (χ3n) is 3.18. The lowest BCUT2D eigenvalue weighted by Crippen LogP contribution is -2.00. The number of benzene rings is 1. The lowest BCUT2D eigenvalue weighted by Gasteiger charge is -1.97. The molecule has 0 spiro atoms. The van der Waals surface area contributed by atoms with Crippen molar-refractivity contribution in [2.75, 3.05) is 0 Å². The van der Waals surface area contributed by atoms with Crippen molar-refractivity contribution < 1.29 is 4.79 Å². The molecule has 0 aliphatic carbocycles. The van der Waals surface area contributed by atoms with E-state index >= 15 is 0 Å². The molecular formula is C16H14OS2. The van der Waals surface area contributed by atoms with E-state index in [-0.39, 0.29) is 5.78 Å². The molecule has 0 N–H and O–H groups in total. The van der Waals surface area contributed by atoms with Crippen molar-refractivity contribution in [3.8, 4) is 0 Å². The average Bonchev–Trinajstić information content (AvgIpc) is 3.04. The fraction of sp³-hybridized carbons (Fsp3) is 0.188. The van der Waals surface area contributed by atoms with Crippen LogP contribution in [0, 0.1) is 0 Å². The topological polar surface area (TPSA) is 17.1 Å². The standard InChI is InChI=1S/C16H14OS2/c1-2-11-7-8-12(19-11)9-15(17)14-10-18-16-6-4-3-5-13(14)16/h3-8,10H,2,9H2,1H3. The van der Waals surface area contributed by atoms with E-state index in [4.69, 9.17) is 0 Å². The second kappa shape index (κ2) is 5.27. The Morgan fingerprint density at radius 3 is 2.68 bits per heavy atom. The van der Waals surface area contributed by atoms with Crippen molar-refractivity contribution in [1.29, 1.82) is 0 Å². The molecule has 0 atom stereocenters. The molecule has 1 aromatic carbocycles. The van der Waals surface area contributed by atoms with Crippen LogP contribution in [0.2, 0.25) is 0 Å². The van der Waals surface area contributed by atoms with Gasteiger partial charge in [0.2, 0.25) is 0 Å². The molecule has 3 heteroatoms. The van der Waals surface area contributed by atoms with E-state index in [9.17, 15) is 4.79 Å². The van der Waals surface area contributed by atoms with Gasteiger partial charge in [-0.05, 0) is 24.6 Å². The Labute approximate surface area is 120 Å². The Hall–Kier alpha value is -1.45. The number of thiophene rings is 2. The summed E-state index contributed by atoms with van der Waals surface area (Å²) in [5, 5.41) is 3.08. The van der Waals surface area contributed by atoms with E-state index in [1.165, 1.54) is 9.58 Å². The molecule has 96 valence electrons. The Bertz CT molecular complexity index is 721. The number of rotatable bonds is 4. The highest BCUT2D eigenvalue weighted by atomic mass is 32.1. The molecule has 1 nitrogen and oxygen atoms in total. The third-order valence-corrected chi connectivity index (χ3v) is 5.37. The van der Waals surface area contributed by atoms with Crippen LogP contribution < -0.4 is 0 Å². The van der Waals surface area contributed by atoms with Gasteiger partial charge in [-0.25, -0.2) is 0 Å².